The number of benzene rings is 2. The molecule has 0 saturated carbocycles. The standard InChI is InChI=1S/C31H27N7O5/c1-16-25(33)27(28(16)39)35-21-6-3-5-18(13-21)15-34-29(40)22-14-23(38-12-4-7-24(38)36-22)30(41)37-26(17(2)32)19-8-10-20(11-9-19)31(42)43/h3-14,26,35H,1-2,15,32-33H2,(H,34,40)(H,37,41)(H,42,43)/t26-/m0/s1. The first-order valence-corrected chi connectivity index (χ1v) is 13.0. The Morgan fingerprint density at radius 3 is 2.44 bits per heavy atom. The van der Waals surface area contributed by atoms with E-state index >= 15 is 0 Å². The summed E-state index contributed by atoms with van der Waals surface area (Å²) in [5, 5.41) is 17.8. The van der Waals surface area contributed by atoms with E-state index in [1.165, 1.54) is 22.6 Å². The highest BCUT2D eigenvalue weighted by Gasteiger charge is 2.30. The van der Waals surface area contributed by atoms with Crippen molar-refractivity contribution in [1.82, 2.24) is 20.0 Å². The van der Waals surface area contributed by atoms with Gasteiger partial charge in [0.1, 0.15) is 22.7 Å². The van der Waals surface area contributed by atoms with Gasteiger partial charge in [0.2, 0.25) is 5.78 Å². The summed E-state index contributed by atoms with van der Waals surface area (Å²) in [6.07, 6.45) is 1.63. The molecule has 0 unspecified atom stereocenters. The number of allylic oxidation sites excluding steroid dienone is 2. The second-order valence-corrected chi connectivity index (χ2v) is 9.78. The molecule has 1 atom stereocenters. The summed E-state index contributed by atoms with van der Waals surface area (Å²) in [7, 11) is 0. The first-order chi connectivity index (χ1) is 20.5. The van der Waals surface area contributed by atoms with Crippen LogP contribution in [0.15, 0.2) is 109 Å². The minimum atomic E-state index is -1.08. The third kappa shape index (κ3) is 5.70. The third-order valence-electron chi connectivity index (χ3n) is 6.84. The SMILES string of the molecule is C=C1C(=O)C(Nc2cccc(CNC(=O)c3cc(C(=O)N[C@@H](C(=C)N)c4ccc(C(=O)O)cc4)n4cccc4n3)c2)=C1N. The molecular weight excluding hydrogens is 550 g/mol. The Morgan fingerprint density at radius 1 is 1.02 bits per heavy atom. The highest BCUT2D eigenvalue weighted by molar-refractivity contribution is 6.20. The number of fused-ring (bicyclic) bond motifs is 1. The summed E-state index contributed by atoms with van der Waals surface area (Å²) < 4.78 is 1.53. The molecule has 0 aliphatic heterocycles. The molecule has 8 N–H and O–H groups in total. The Morgan fingerprint density at radius 2 is 1.77 bits per heavy atom. The molecule has 2 aromatic carbocycles. The van der Waals surface area contributed by atoms with Crippen LogP contribution in [0.25, 0.3) is 5.65 Å². The Hall–Kier alpha value is -6.17. The molecule has 0 fully saturated rings. The van der Waals surface area contributed by atoms with Crippen molar-refractivity contribution in [2.45, 2.75) is 12.6 Å². The zero-order valence-electron chi connectivity index (χ0n) is 22.8. The average molecular weight is 578 g/mol. The number of Topliss-reactive ketones (excluding diaryl/α,β-unsaturated/α-hetero) is 1. The van der Waals surface area contributed by atoms with Gasteiger partial charge in [-0.05, 0) is 53.6 Å². The lowest BCUT2D eigenvalue weighted by atomic mass is 9.93. The van der Waals surface area contributed by atoms with Crippen LogP contribution in [-0.2, 0) is 11.3 Å². The van der Waals surface area contributed by atoms with Crippen molar-refractivity contribution in [3.05, 3.63) is 137 Å². The van der Waals surface area contributed by atoms with Crippen LogP contribution in [0, 0.1) is 0 Å². The number of hydrogen-bond acceptors (Lipinski definition) is 8. The van der Waals surface area contributed by atoms with Crippen molar-refractivity contribution in [2.75, 3.05) is 5.32 Å². The zero-order chi connectivity index (χ0) is 30.8. The van der Waals surface area contributed by atoms with E-state index in [4.69, 9.17) is 11.5 Å². The van der Waals surface area contributed by atoms with Crippen molar-refractivity contribution in [1.29, 1.82) is 0 Å². The molecule has 43 heavy (non-hydrogen) atoms. The number of amides is 2. The van der Waals surface area contributed by atoms with Crippen molar-refractivity contribution in [3.63, 3.8) is 0 Å². The van der Waals surface area contributed by atoms with Crippen LogP contribution in [0.1, 0.15) is 48.5 Å². The zero-order valence-corrected chi connectivity index (χ0v) is 22.8. The molecule has 12 nitrogen and oxygen atoms in total. The quantitative estimate of drug-likeness (QED) is 0.154. The van der Waals surface area contributed by atoms with Crippen LogP contribution < -0.4 is 27.4 Å². The Bertz CT molecular complexity index is 1870. The summed E-state index contributed by atoms with van der Waals surface area (Å²) in [5.74, 6) is -2.41. The Labute approximate surface area is 245 Å². The van der Waals surface area contributed by atoms with Gasteiger partial charge in [0.05, 0.1) is 17.3 Å². The lowest BCUT2D eigenvalue weighted by Crippen LogP contribution is -2.33. The molecule has 0 saturated heterocycles. The number of nitrogens with two attached hydrogens (primary N) is 2. The topological polar surface area (TPSA) is 194 Å². The van der Waals surface area contributed by atoms with Gasteiger partial charge in [0.25, 0.3) is 11.8 Å². The summed E-state index contributed by atoms with van der Waals surface area (Å²) in [6.45, 7) is 7.50. The number of carboxylic acid groups (broad SMARTS) is 1. The van der Waals surface area contributed by atoms with Gasteiger partial charge in [-0.2, -0.15) is 0 Å². The molecule has 0 bridgehead atoms. The summed E-state index contributed by atoms with van der Waals surface area (Å²) in [4.78, 5) is 54.2. The second kappa shape index (κ2) is 11.4. The van der Waals surface area contributed by atoms with Crippen LogP contribution in [0.3, 0.4) is 0 Å². The summed E-state index contributed by atoms with van der Waals surface area (Å²) >= 11 is 0. The van der Waals surface area contributed by atoms with Gasteiger partial charge in [0, 0.05) is 29.7 Å². The van der Waals surface area contributed by atoms with E-state index in [1.54, 1.807) is 54.7 Å². The lowest BCUT2D eigenvalue weighted by Gasteiger charge is -2.22. The fraction of sp³-hybridized carbons (Fsp3) is 0.0645. The number of nitrogens with one attached hydrogen (secondary N) is 3. The molecule has 216 valence electrons. The van der Waals surface area contributed by atoms with Crippen LogP contribution in [-0.4, -0.2) is 38.1 Å². The van der Waals surface area contributed by atoms with Crippen molar-refractivity contribution in [3.8, 4) is 0 Å². The summed E-state index contributed by atoms with van der Waals surface area (Å²) in [5.41, 5.74) is 15.3. The molecule has 2 heterocycles. The fourth-order valence-corrected chi connectivity index (χ4v) is 4.51. The average Bonchev–Trinajstić information content (AvgIpc) is 3.49. The largest absolute Gasteiger partial charge is 0.478 e. The number of ketones is 1. The number of nitrogens with zero attached hydrogens (tertiary/aromatic N) is 2. The predicted octanol–water partition coefficient (Wildman–Crippen LogP) is 2.63. The van der Waals surface area contributed by atoms with Gasteiger partial charge in [-0.25, -0.2) is 9.78 Å². The minimum Gasteiger partial charge on any atom is -0.478 e. The molecular formula is C31H27N7O5. The highest BCUT2D eigenvalue weighted by Crippen LogP contribution is 2.26. The molecule has 0 spiro atoms. The predicted molar refractivity (Wildman–Crippen MR) is 159 cm³/mol. The Kier molecular flexibility index (Phi) is 7.50. The van der Waals surface area contributed by atoms with Gasteiger partial charge in [-0.3, -0.25) is 18.8 Å². The summed E-state index contributed by atoms with van der Waals surface area (Å²) in [6, 6.07) is 16.9. The number of hydrogen-bond donors (Lipinski definition) is 6. The van der Waals surface area contributed by atoms with Gasteiger partial charge in [0.15, 0.2) is 0 Å². The van der Waals surface area contributed by atoms with Crippen LogP contribution in [0.4, 0.5) is 5.69 Å². The van der Waals surface area contributed by atoms with Crippen molar-refractivity contribution in [2.24, 2.45) is 11.5 Å². The molecule has 5 rings (SSSR count). The van der Waals surface area contributed by atoms with E-state index in [0.29, 0.717) is 22.6 Å². The molecule has 4 aromatic rings. The monoisotopic (exact) mass is 577 g/mol. The van der Waals surface area contributed by atoms with Gasteiger partial charge in [-0.15, -0.1) is 0 Å². The molecule has 1 aliphatic rings. The van der Waals surface area contributed by atoms with Gasteiger partial charge in [-0.1, -0.05) is 37.4 Å². The first-order valence-electron chi connectivity index (χ1n) is 13.0. The van der Waals surface area contributed by atoms with Crippen molar-refractivity contribution >= 4 is 34.9 Å². The maximum atomic E-state index is 13.5. The molecule has 1 aliphatic carbocycles. The number of carbonyl (C=O) groups is 4. The number of rotatable bonds is 10. The molecule has 0 radical (unpaired) electrons. The normalized spacial score (nSPS) is 13.3. The van der Waals surface area contributed by atoms with Crippen molar-refractivity contribution < 1.29 is 24.3 Å². The van der Waals surface area contributed by atoms with E-state index in [1.807, 2.05) is 0 Å². The van der Waals surface area contributed by atoms with Crippen LogP contribution in [0.2, 0.25) is 0 Å². The van der Waals surface area contributed by atoms with E-state index in [9.17, 15) is 24.3 Å². The Balaban J connectivity index is 1.33. The number of aromatic carboxylic acids is 1. The smallest absolute Gasteiger partial charge is 0.335 e. The highest BCUT2D eigenvalue weighted by atomic mass is 16.4. The number of aromatic nitrogens is 2. The van der Waals surface area contributed by atoms with Crippen LogP contribution >= 0.6 is 0 Å². The minimum absolute atomic E-state index is 0.0103. The van der Waals surface area contributed by atoms with Gasteiger partial charge >= 0.3 is 5.97 Å². The fourth-order valence-electron chi connectivity index (χ4n) is 4.51. The third-order valence-corrected chi connectivity index (χ3v) is 6.84. The maximum Gasteiger partial charge on any atom is 0.335 e. The molecule has 2 amide bonds. The number of carboxylic acids is 1. The second-order valence-electron chi connectivity index (χ2n) is 9.78. The van der Waals surface area contributed by atoms with E-state index in [-0.39, 0.29) is 46.2 Å². The molecule has 2 aromatic heterocycles. The maximum absolute atomic E-state index is 13.5. The number of anilines is 1. The van der Waals surface area contributed by atoms with Crippen LogP contribution in [0.5, 0.6) is 0 Å². The molecule has 12 heteroatoms. The lowest BCUT2D eigenvalue weighted by molar-refractivity contribution is -0.113. The first kappa shape index (κ1) is 28.4. The number of carbonyl (C=O) groups excluding carboxylic acids is 3. The van der Waals surface area contributed by atoms with E-state index < -0.39 is 23.8 Å². The van der Waals surface area contributed by atoms with E-state index in [0.717, 1.165) is 5.56 Å². The van der Waals surface area contributed by atoms with Gasteiger partial charge < -0.3 is 32.5 Å². The van der Waals surface area contributed by atoms with E-state index in [2.05, 4.69) is 34.1 Å².